The molecular formula is C16H12FN3O2. The normalized spacial score (nSPS) is 10.8. The highest BCUT2D eigenvalue weighted by Gasteiger charge is 2.20. The average molecular weight is 297 g/mol. The Labute approximate surface area is 125 Å². The van der Waals surface area contributed by atoms with Crippen LogP contribution in [0.15, 0.2) is 48.5 Å². The molecule has 6 heteroatoms. The summed E-state index contributed by atoms with van der Waals surface area (Å²) in [6.07, 6.45) is 0. The summed E-state index contributed by atoms with van der Waals surface area (Å²) < 4.78 is 14.1. The van der Waals surface area contributed by atoms with Crippen molar-refractivity contribution in [2.45, 2.75) is 0 Å². The SMILES string of the molecule is NCC(=O)c1nn(C(=O)c2ccc(F)cc2)c2ccccc12. The van der Waals surface area contributed by atoms with Crippen molar-refractivity contribution in [1.82, 2.24) is 9.78 Å². The lowest BCUT2D eigenvalue weighted by Crippen LogP contribution is -2.17. The molecule has 0 radical (unpaired) electrons. The highest BCUT2D eigenvalue weighted by atomic mass is 19.1. The number of aromatic nitrogens is 2. The Morgan fingerprint density at radius 1 is 1.09 bits per heavy atom. The fourth-order valence-corrected chi connectivity index (χ4v) is 2.24. The fourth-order valence-electron chi connectivity index (χ4n) is 2.24. The maximum Gasteiger partial charge on any atom is 0.278 e. The van der Waals surface area contributed by atoms with Crippen molar-refractivity contribution in [2.75, 3.05) is 6.54 Å². The van der Waals surface area contributed by atoms with Gasteiger partial charge in [0.05, 0.1) is 12.1 Å². The standard InChI is InChI=1S/C16H12FN3O2/c17-11-7-5-10(6-8-11)16(22)20-13-4-2-1-3-12(13)15(19-20)14(21)9-18/h1-8H,9,18H2. The summed E-state index contributed by atoms with van der Waals surface area (Å²) >= 11 is 0. The van der Waals surface area contributed by atoms with E-state index in [0.717, 1.165) is 4.68 Å². The predicted molar refractivity (Wildman–Crippen MR) is 79.2 cm³/mol. The zero-order chi connectivity index (χ0) is 15.7. The number of benzene rings is 2. The van der Waals surface area contributed by atoms with Crippen LogP contribution in [0.3, 0.4) is 0 Å². The van der Waals surface area contributed by atoms with E-state index in [9.17, 15) is 14.0 Å². The second-order valence-corrected chi connectivity index (χ2v) is 4.72. The Hall–Kier alpha value is -2.86. The van der Waals surface area contributed by atoms with Crippen LogP contribution in [0.2, 0.25) is 0 Å². The summed E-state index contributed by atoms with van der Waals surface area (Å²) in [6.45, 7) is -0.189. The van der Waals surface area contributed by atoms with E-state index < -0.39 is 11.7 Å². The first-order valence-corrected chi connectivity index (χ1v) is 6.63. The summed E-state index contributed by atoms with van der Waals surface area (Å²) in [5.41, 5.74) is 6.33. The Morgan fingerprint density at radius 2 is 1.77 bits per heavy atom. The molecule has 0 spiro atoms. The number of nitrogens with zero attached hydrogens (tertiary/aromatic N) is 2. The van der Waals surface area contributed by atoms with Crippen molar-refractivity contribution in [3.63, 3.8) is 0 Å². The number of halogens is 1. The number of hydrogen-bond acceptors (Lipinski definition) is 4. The van der Waals surface area contributed by atoms with Gasteiger partial charge in [-0.15, -0.1) is 0 Å². The maximum absolute atomic E-state index is 13.0. The first kappa shape index (κ1) is 14.1. The number of rotatable bonds is 3. The molecule has 3 rings (SSSR count). The molecule has 0 aliphatic rings. The third-order valence-corrected chi connectivity index (χ3v) is 3.32. The fraction of sp³-hybridized carbons (Fsp3) is 0.0625. The van der Waals surface area contributed by atoms with Gasteiger partial charge in [0.25, 0.3) is 5.91 Å². The number of carbonyl (C=O) groups is 2. The van der Waals surface area contributed by atoms with Gasteiger partial charge in [0.1, 0.15) is 11.5 Å². The van der Waals surface area contributed by atoms with Gasteiger partial charge in [-0.2, -0.15) is 9.78 Å². The van der Waals surface area contributed by atoms with E-state index in [-0.39, 0.29) is 23.6 Å². The van der Waals surface area contributed by atoms with Gasteiger partial charge in [0.15, 0.2) is 5.78 Å². The van der Waals surface area contributed by atoms with Crippen molar-refractivity contribution in [2.24, 2.45) is 5.73 Å². The molecule has 0 saturated heterocycles. The Bertz CT molecular complexity index is 869. The average Bonchev–Trinajstić information content (AvgIpc) is 2.94. The Kier molecular flexibility index (Phi) is 3.52. The molecule has 2 N–H and O–H groups in total. The smallest absolute Gasteiger partial charge is 0.278 e. The van der Waals surface area contributed by atoms with Crippen molar-refractivity contribution in [3.8, 4) is 0 Å². The number of nitrogens with two attached hydrogens (primary N) is 1. The van der Waals surface area contributed by atoms with Crippen LogP contribution in [0.4, 0.5) is 4.39 Å². The van der Waals surface area contributed by atoms with Gasteiger partial charge < -0.3 is 5.73 Å². The minimum absolute atomic E-state index is 0.161. The molecule has 22 heavy (non-hydrogen) atoms. The summed E-state index contributed by atoms with van der Waals surface area (Å²) in [7, 11) is 0. The van der Waals surface area contributed by atoms with Crippen LogP contribution in [0, 0.1) is 5.82 Å². The molecular weight excluding hydrogens is 285 g/mol. The van der Waals surface area contributed by atoms with Gasteiger partial charge in [-0.05, 0) is 30.3 Å². The molecule has 0 bridgehead atoms. The number of hydrogen-bond donors (Lipinski definition) is 1. The van der Waals surface area contributed by atoms with Crippen LogP contribution >= 0.6 is 0 Å². The summed E-state index contributed by atoms with van der Waals surface area (Å²) in [5.74, 6) is -1.21. The van der Waals surface area contributed by atoms with Gasteiger partial charge >= 0.3 is 0 Å². The molecule has 5 nitrogen and oxygen atoms in total. The van der Waals surface area contributed by atoms with Crippen LogP contribution in [-0.2, 0) is 0 Å². The molecule has 0 aliphatic heterocycles. The first-order valence-electron chi connectivity index (χ1n) is 6.63. The Balaban J connectivity index is 2.16. The van der Waals surface area contributed by atoms with Crippen LogP contribution in [0.5, 0.6) is 0 Å². The number of ketones is 1. The van der Waals surface area contributed by atoms with Crippen molar-refractivity contribution in [1.29, 1.82) is 0 Å². The topological polar surface area (TPSA) is 78.0 Å². The van der Waals surface area contributed by atoms with Gasteiger partial charge in [0.2, 0.25) is 0 Å². The molecule has 1 heterocycles. The van der Waals surface area contributed by atoms with E-state index in [2.05, 4.69) is 5.10 Å². The van der Waals surface area contributed by atoms with Gasteiger partial charge in [-0.25, -0.2) is 4.39 Å². The quantitative estimate of drug-likeness (QED) is 0.750. The number of fused-ring (bicyclic) bond motifs is 1. The lowest BCUT2D eigenvalue weighted by molar-refractivity contribution is 0.0948. The number of Topliss-reactive ketones (excluding diaryl/α,β-unsaturated/α-hetero) is 1. The predicted octanol–water partition coefficient (Wildman–Crippen LogP) is 2.01. The van der Waals surface area contributed by atoms with Gasteiger partial charge in [0, 0.05) is 10.9 Å². The molecule has 0 fully saturated rings. The first-order chi connectivity index (χ1) is 10.6. The molecule has 1 aromatic heterocycles. The minimum atomic E-state index is -0.438. The van der Waals surface area contributed by atoms with Gasteiger partial charge in [-0.1, -0.05) is 18.2 Å². The highest BCUT2D eigenvalue weighted by Crippen LogP contribution is 2.20. The van der Waals surface area contributed by atoms with E-state index in [4.69, 9.17) is 5.73 Å². The number of carbonyl (C=O) groups excluding carboxylic acids is 2. The molecule has 110 valence electrons. The van der Waals surface area contributed by atoms with E-state index in [1.165, 1.54) is 24.3 Å². The minimum Gasteiger partial charge on any atom is -0.324 e. The molecule has 0 unspecified atom stereocenters. The molecule has 0 amide bonds. The number of para-hydroxylation sites is 1. The van der Waals surface area contributed by atoms with E-state index in [1.54, 1.807) is 24.3 Å². The zero-order valence-corrected chi connectivity index (χ0v) is 11.5. The maximum atomic E-state index is 13.0. The monoisotopic (exact) mass is 297 g/mol. The summed E-state index contributed by atoms with van der Waals surface area (Å²) in [5, 5.41) is 4.67. The molecule has 0 saturated carbocycles. The molecule has 2 aromatic carbocycles. The zero-order valence-electron chi connectivity index (χ0n) is 11.5. The van der Waals surface area contributed by atoms with Crippen molar-refractivity contribution >= 4 is 22.6 Å². The van der Waals surface area contributed by atoms with Crippen LogP contribution in [0.1, 0.15) is 20.8 Å². The van der Waals surface area contributed by atoms with Crippen LogP contribution in [-0.4, -0.2) is 28.0 Å². The molecule has 3 aromatic rings. The lowest BCUT2D eigenvalue weighted by atomic mass is 10.1. The third-order valence-electron chi connectivity index (χ3n) is 3.32. The largest absolute Gasteiger partial charge is 0.324 e. The van der Waals surface area contributed by atoms with Crippen LogP contribution in [0.25, 0.3) is 10.9 Å². The summed E-state index contributed by atoms with van der Waals surface area (Å²) in [4.78, 5) is 24.4. The van der Waals surface area contributed by atoms with E-state index >= 15 is 0 Å². The van der Waals surface area contributed by atoms with Crippen molar-refractivity contribution < 1.29 is 14.0 Å². The molecule has 0 atom stereocenters. The van der Waals surface area contributed by atoms with Gasteiger partial charge in [-0.3, -0.25) is 9.59 Å². The van der Waals surface area contributed by atoms with E-state index in [0.29, 0.717) is 10.9 Å². The molecule has 0 aliphatic carbocycles. The van der Waals surface area contributed by atoms with Crippen molar-refractivity contribution in [3.05, 3.63) is 65.6 Å². The highest BCUT2D eigenvalue weighted by molar-refractivity contribution is 6.10. The Morgan fingerprint density at radius 3 is 2.45 bits per heavy atom. The van der Waals surface area contributed by atoms with Crippen LogP contribution < -0.4 is 5.73 Å². The lowest BCUT2D eigenvalue weighted by Gasteiger charge is -2.02. The second kappa shape index (κ2) is 5.50. The third kappa shape index (κ3) is 2.29. The van der Waals surface area contributed by atoms with E-state index in [1.807, 2.05) is 0 Å². The second-order valence-electron chi connectivity index (χ2n) is 4.72. The summed E-state index contributed by atoms with van der Waals surface area (Å²) in [6, 6.07) is 12.0.